The lowest BCUT2D eigenvalue weighted by Gasteiger charge is -2.08. The summed E-state index contributed by atoms with van der Waals surface area (Å²) in [6.45, 7) is 3.95. The fraction of sp³-hybridized carbons (Fsp3) is 0.150. The normalized spacial score (nSPS) is 12.2. The molecule has 0 bridgehead atoms. The first-order valence-corrected chi connectivity index (χ1v) is 9.60. The minimum absolute atomic E-state index is 0.212. The topological polar surface area (TPSA) is 72.5 Å². The number of allylic oxidation sites excluding steroid dienone is 2. The van der Waals surface area contributed by atoms with Gasteiger partial charge in [0.05, 0.1) is 11.5 Å². The van der Waals surface area contributed by atoms with Crippen LogP contribution >= 0.6 is 0 Å². The number of benzene rings is 2. The van der Waals surface area contributed by atoms with E-state index in [-0.39, 0.29) is 10.9 Å². The van der Waals surface area contributed by atoms with E-state index >= 15 is 0 Å². The van der Waals surface area contributed by atoms with Crippen LogP contribution in [0.4, 0.5) is 5.69 Å². The molecular weight excluding hydrogens is 350 g/mol. The molecule has 1 N–H and O–H groups in total. The molecule has 0 radical (unpaired) electrons. The predicted octanol–water partition coefficient (Wildman–Crippen LogP) is 4.01. The summed E-state index contributed by atoms with van der Waals surface area (Å²) in [5.74, 6) is -0.383. The Morgan fingerprint density at radius 2 is 1.69 bits per heavy atom. The number of hydrogen-bond donors (Lipinski definition) is 1. The van der Waals surface area contributed by atoms with Gasteiger partial charge in [0.15, 0.2) is 0 Å². The van der Waals surface area contributed by atoms with Crippen LogP contribution < -0.4 is 4.72 Å². The summed E-state index contributed by atoms with van der Waals surface area (Å²) in [6, 6.07) is 15.2. The highest BCUT2D eigenvalue weighted by Crippen LogP contribution is 2.17. The highest BCUT2D eigenvalue weighted by Gasteiger charge is 2.12. The van der Waals surface area contributed by atoms with Crippen LogP contribution in [-0.4, -0.2) is 21.0 Å². The predicted molar refractivity (Wildman–Crippen MR) is 103 cm³/mol. The third kappa shape index (κ3) is 5.89. The second kappa shape index (κ2) is 9.01. The standard InChI is InChI=1S/C20H21NO4S/c1-3-25-20(22)14-9-16(2)15-17-10-12-18(13-11-17)21-26(23,24)19-7-5-4-6-8-19/h4-15,21H,3H2,1-2H3/b14-9+,16-15+. The molecular formula is C20H21NO4S. The maximum atomic E-state index is 12.3. The number of ether oxygens (including phenoxy) is 1. The van der Waals surface area contributed by atoms with Crippen molar-refractivity contribution in [3.8, 4) is 0 Å². The first-order chi connectivity index (χ1) is 12.4. The molecule has 2 rings (SSSR count). The van der Waals surface area contributed by atoms with Gasteiger partial charge >= 0.3 is 5.97 Å². The molecule has 5 nitrogen and oxygen atoms in total. The zero-order valence-corrected chi connectivity index (χ0v) is 15.5. The maximum Gasteiger partial charge on any atom is 0.330 e. The lowest BCUT2D eigenvalue weighted by Crippen LogP contribution is -2.12. The molecule has 0 fully saturated rings. The molecule has 0 aliphatic rings. The average Bonchev–Trinajstić information content (AvgIpc) is 2.62. The largest absolute Gasteiger partial charge is 0.463 e. The fourth-order valence-corrected chi connectivity index (χ4v) is 3.24. The molecule has 0 unspecified atom stereocenters. The van der Waals surface area contributed by atoms with Crippen LogP contribution in [0.5, 0.6) is 0 Å². The number of sulfonamides is 1. The van der Waals surface area contributed by atoms with Crippen LogP contribution in [0.3, 0.4) is 0 Å². The van der Waals surface area contributed by atoms with E-state index < -0.39 is 10.0 Å². The molecule has 0 saturated carbocycles. The Labute approximate surface area is 154 Å². The quantitative estimate of drug-likeness (QED) is 0.453. The Kier molecular flexibility index (Phi) is 6.74. The van der Waals surface area contributed by atoms with Crippen LogP contribution in [-0.2, 0) is 19.6 Å². The number of rotatable bonds is 7. The SMILES string of the molecule is CCOC(=O)/C=C/C(C)=C/c1ccc(NS(=O)(=O)c2ccccc2)cc1. The summed E-state index contributed by atoms with van der Waals surface area (Å²) < 4.78 is 31.9. The third-order valence-corrected chi connectivity index (χ3v) is 4.78. The monoisotopic (exact) mass is 371 g/mol. The Bertz CT molecular complexity index is 899. The van der Waals surface area contributed by atoms with E-state index in [4.69, 9.17) is 4.74 Å². The Morgan fingerprint density at radius 1 is 1.04 bits per heavy atom. The molecule has 0 aliphatic heterocycles. The van der Waals surface area contributed by atoms with Crippen LogP contribution in [0, 0.1) is 0 Å². The second-order valence-electron chi connectivity index (χ2n) is 5.51. The zero-order chi connectivity index (χ0) is 19.0. The molecule has 0 aliphatic carbocycles. The summed E-state index contributed by atoms with van der Waals surface area (Å²) in [7, 11) is -3.60. The van der Waals surface area contributed by atoms with Crippen LogP contribution in [0.2, 0.25) is 0 Å². The molecule has 0 aromatic heterocycles. The first-order valence-electron chi connectivity index (χ1n) is 8.12. The van der Waals surface area contributed by atoms with Crippen LogP contribution in [0.25, 0.3) is 6.08 Å². The van der Waals surface area contributed by atoms with Crippen molar-refractivity contribution in [2.75, 3.05) is 11.3 Å². The number of nitrogens with one attached hydrogen (secondary N) is 1. The van der Waals surface area contributed by atoms with Gasteiger partial charge in [0.25, 0.3) is 10.0 Å². The summed E-state index contributed by atoms with van der Waals surface area (Å²) >= 11 is 0. The molecule has 2 aromatic rings. The molecule has 26 heavy (non-hydrogen) atoms. The summed E-state index contributed by atoms with van der Waals surface area (Å²) in [5.41, 5.74) is 2.24. The minimum atomic E-state index is -3.60. The average molecular weight is 371 g/mol. The second-order valence-corrected chi connectivity index (χ2v) is 7.20. The van der Waals surface area contributed by atoms with E-state index in [1.165, 1.54) is 6.08 Å². The van der Waals surface area contributed by atoms with Crippen LogP contribution in [0.15, 0.2) is 77.2 Å². The van der Waals surface area contributed by atoms with Crippen molar-refractivity contribution >= 4 is 27.8 Å². The summed E-state index contributed by atoms with van der Waals surface area (Å²) in [4.78, 5) is 11.5. The highest BCUT2D eigenvalue weighted by atomic mass is 32.2. The van der Waals surface area contributed by atoms with Gasteiger partial charge in [-0.1, -0.05) is 48.1 Å². The van der Waals surface area contributed by atoms with E-state index in [0.29, 0.717) is 12.3 Å². The van der Waals surface area contributed by atoms with E-state index in [1.54, 1.807) is 67.6 Å². The highest BCUT2D eigenvalue weighted by molar-refractivity contribution is 7.92. The molecule has 0 saturated heterocycles. The molecule has 2 aromatic carbocycles. The molecule has 0 spiro atoms. The van der Waals surface area contributed by atoms with Crippen molar-refractivity contribution in [2.45, 2.75) is 18.7 Å². The number of hydrogen-bond acceptors (Lipinski definition) is 4. The van der Waals surface area contributed by atoms with Gasteiger partial charge in [-0.05, 0) is 43.7 Å². The van der Waals surface area contributed by atoms with Crippen molar-refractivity contribution in [2.24, 2.45) is 0 Å². The number of anilines is 1. The van der Waals surface area contributed by atoms with Gasteiger partial charge in [-0.25, -0.2) is 13.2 Å². The Hall–Kier alpha value is -2.86. The molecule has 136 valence electrons. The molecule has 0 heterocycles. The molecule has 0 atom stereocenters. The van der Waals surface area contributed by atoms with E-state index in [0.717, 1.165) is 11.1 Å². The number of carbonyl (C=O) groups excluding carboxylic acids is 1. The van der Waals surface area contributed by atoms with Gasteiger partial charge in [0.1, 0.15) is 0 Å². The fourth-order valence-electron chi connectivity index (χ4n) is 2.16. The van der Waals surface area contributed by atoms with E-state index in [9.17, 15) is 13.2 Å². The van der Waals surface area contributed by atoms with Gasteiger partial charge in [-0.2, -0.15) is 0 Å². The smallest absolute Gasteiger partial charge is 0.330 e. The number of carbonyl (C=O) groups is 1. The van der Waals surface area contributed by atoms with Crippen molar-refractivity contribution < 1.29 is 17.9 Å². The third-order valence-electron chi connectivity index (χ3n) is 3.38. The lowest BCUT2D eigenvalue weighted by atomic mass is 10.1. The van der Waals surface area contributed by atoms with E-state index in [1.807, 2.05) is 13.0 Å². The minimum Gasteiger partial charge on any atom is -0.463 e. The van der Waals surface area contributed by atoms with Crippen LogP contribution in [0.1, 0.15) is 19.4 Å². The van der Waals surface area contributed by atoms with Crippen molar-refractivity contribution in [3.05, 3.63) is 77.9 Å². The number of esters is 1. The van der Waals surface area contributed by atoms with Gasteiger partial charge in [-0.15, -0.1) is 0 Å². The van der Waals surface area contributed by atoms with Gasteiger partial charge in [-0.3, -0.25) is 4.72 Å². The molecule has 0 amide bonds. The molecule has 6 heteroatoms. The van der Waals surface area contributed by atoms with Crippen molar-refractivity contribution in [1.82, 2.24) is 0 Å². The van der Waals surface area contributed by atoms with Crippen molar-refractivity contribution in [3.63, 3.8) is 0 Å². The van der Waals surface area contributed by atoms with Gasteiger partial charge < -0.3 is 4.74 Å². The Morgan fingerprint density at radius 3 is 2.31 bits per heavy atom. The van der Waals surface area contributed by atoms with Gasteiger partial charge in [0, 0.05) is 11.8 Å². The van der Waals surface area contributed by atoms with Gasteiger partial charge in [0.2, 0.25) is 0 Å². The van der Waals surface area contributed by atoms with Crippen molar-refractivity contribution in [1.29, 1.82) is 0 Å². The summed E-state index contributed by atoms with van der Waals surface area (Å²) in [6.07, 6.45) is 4.92. The zero-order valence-electron chi connectivity index (χ0n) is 14.7. The van der Waals surface area contributed by atoms with E-state index in [2.05, 4.69) is 4.72 Å². The summed E-state index contributed by atoms with van der Waals surface area (Å²) in [5, 5.41) is 0. The lowest BCUT2D eigenvalue weighted by molar-refractivity contribution is -0.137. The first kappa shape index (κ1) is 19.5. The maximum absolute atomic E-state index is 12.3. The Balaban J connectivity index is 2.06.